The Morgan fingerprint density at radius 2 is 1.65 bits per heavy atom. The lowest BCUT2D eigenvalue weighted by Gasteiger charge is -2.38. The fraction of sp³-hybridized carbons (Fsp3) is 0.500. The van der Waals surface area contributed by atoms with Crippen molar-refractivity contribution in [1.82, 2.24) is 9.97 Å². The van der Waals surface area contributed by atoms with Crippen LogP contribution >= 0.6 is 0 Å². The second kappa shape index (κ2) is 6.52. The zero-order chi connectivity index (χ0) is 17.4. The molecule has 26 heavy (non-hydrogen) atoms. The van der Waals surface area contributed by atoms with E-state index in [9.17, 15) is 0 Å². The van der Waals surface area contributed by atoms with Crippen molar-refractivity contribution in [3.05, 3.63) is 47.7 Å². The number of hydrogen-bond donors (Lipinski definition) is 0. The Bertz CT molecular complexity index is 781. The average Bonchev–Trinajstić information content (AvgIpc) is 3.16. The summed E-state index contributed by atoms with van der Waals surface area (Å²) < 4.78 is 11.7. The summed E-state index contributed by atoms with van der Waals surface area (Å²) in [6.45, 7) is 5.08. The zero-order valence-corrected chi connectivity index (χ0v) is 14.9. The summed E-state index contributed by atoms with van der Waals surface area (Å²) in [4.78, 5) is 14.0. The number of nitrogens with zero attached hydrogens (tertiary/aromatic N) is 4. The van der Waals surface area contributed by atoms with E-state index in [2.05, 4.69) is 39.0 Å². The molecular weight excluding hydrogens is 328 g/mol. The molecule has 2 fully saturated rings. The molecule has 1 aromatic heterocycles. The fourth-order valence-corrected chi connectivity index (χ4v) is 4.20. The van der Waals surface area contributed by atoms with Gasteiger partial charge >= 0.3 is 0 Å². The monoisotopic (exact) mass is 352 g/mol. The van der Waals surface area contributed by atoms with E-state index in [1.807, 2.05) is 12.3 Å². The second-order valence-corrected chi connectivity index (χ2v) is 7.25. The van der Waals surface area contributed by atoms with E-state index in [0.29, 0.717) is 13.2 Å². The van der Waals surface area contributed by atoms with Gasteiger partial charge in [-0.3, -0.25) is 0 Å². The van der Waals surface area contributed by atoms with E-state index in [1.165, 1.54) is 11.1 Å². The first-order chi connectivity index (χ1) is 12.8. The molecule has 0 atom stereocenters. The number of benzene rings is 1. The average molecular weight is 352 g/mol. The first kappa shape index (κ1) is 16.0. The Hall–Kier alpha value is -2.18. The Morgan fingerprint density at radius 3 is 2.46 bits per heavy atom. The van der Waals surface area contributed by atoms with Crippen LogP contribution in [0.15, 0.2) is 36.5 Å². The molecule has 0 amide bonds. The van der Waals surface area contributed by atoms with Gasteiger partial charge in [0.05, 0.1) is 13.2 Å². The molecule has 6 nitrogen and oxygen atoms in total. The van der Waals surface area contributed by atoms with Crippen LogP contribution < -0.4 is 9.80 Å². The van der Waals surface area contributed by atoms with Gasteiger partial charge in [0.25, 0.3) is 0 Å². The Kier molecular flexibility index (Phi) is 4.02. The van der Waals surface area contributed by atoms with Crippen LogP contribution in [-0.2, 0) is 22.4 Å². The van der Waals surface area contributed by atoms with Crippen molar-refractivity contribution in [3.8, 4) is 0 Å². The highest BCUT2D eigenvalue weighted by Gasteiger charge is 2.40. The van der Waals surface area contributed by atoms with Gasteiger partial charge in [0, 0.05) is 45.2 Å². The van der Waals surface area contributed by atoms with Gasteiger partial charge in [-0.1, -0.05) is 24.3 Å². The van der Waals surface area contributed by atoms with Gasteiger partial charge in [-0.2, -0.15) is 4.98 Å². The minimum atomic E-state index is -0.344. The van der Waals surface area contributed by atoms with Gasteiger partial charge in [-0.25, -0.2) is 4.98 Å². The molecule has 1 spiro atoms. The summed E-state index contributed by atoms with van der Waals surface area (Å²) in [5.41, 5.74) is 2.82. The van der Waals surface area contributed by atoms with Crippen LogP contribution in [0.5, 0.6) is 0 Å². The molecule has 6 heteroatoms. The van der Waals surface area contributed by atoms with Gasteiger partial charge in [0.15, 0.2) is 5.79 Å². The van der Waals surface area contributed by atoms with Crippen molar-refractivity contribution in [2.24, 2.45) is 0 Å². The number of ether oxygens (including phenoxy) is 2. The molecule has 136 valence electrons. The molecule has 0 radical (unpaired) electrons. The summed E-state index contributed by atoms with van der Waals surface area (Å²) in [5, 5.41) is 0. The van der Waals surface area contributed by atoms with Crippen molar-refractivity contribution >= 4 is 11.8 Å². The van der Waals surface area contributed by atoms with Gasteiger partial charge in [0.1, 0.15) is 5.82 Å². The molecule has 0 bridgehead atoms. The SMILES string of the molecule is c1ccc2c(c1)CCN(c1nccc(N3CCC4(CC3)OCCO4)n1)C2. The Balaban J connectivity index is 1.31. The highest BCUT2D eigenvalue weighted by Crippen LogP contribution is 2.33. The van der Waals surface area contributed by atoms with Crippen LogP contribution in [0.25, 0.3) is 0 Å². The van der Waals surface area contributed by atoms with Crippen molar-refractivity contribution in [2.45, 2.75) is 31.6 Å². The van der Waals surface area contributed by atoms with Crippen molar-refractivity contribution in [3.63, 3.8) is 0 Å². The number of aromatic nitrogens is 2. The van der Waals surface area contributed by atoms with Gasteiger partial charge in [-0.15, -0.1) is 0 Å². The molecule has 3 aliphatic heterocycles. The lowest BCUT2D eigenvalue weighted by molar-refractivity contribution is -0.169. The zero-order valence-electron chi connectivity index (χ0n) is 14.9. The molecule has 0 saturated carbocycles. The minimum absolute atomic E-state index is 0.344. The molecule has 0 unspecified atom stereocenters. The van der Waals surface area contributed by atoms with Crippen molar-refractivity contribution < 1.29 is 9.47 Å². The normalized spacial score (nSPS) is 21.8. The fourth-order valence-electron chi connectivity index (χ4n) is 4.20. The Labute approximate surface area is 153 Å². The summed E-state index contributed by atoms with van der Waals surface area (Å²) in [7, 11) is 0. The molecule has 2 aromatic rings. The van der Waals surface area contributed by atoms with E-state index < -0.39 is 0 Å². The number of piperidine rings is 1. The predicted octanol–water partition coefficient (Wildman–Crippen LogP) is 2.38. The third kappa shape index (κ3) is 2.93. The first-order valence-electron chi connectivity index (χ1n) is 9.49. The maximum atomic E-state index is 5.83. The molecular formula is C20H24N4O2. The number of anilines is 2. The lowest BCUT2D eigenvalue weighted by atomic mass is 10.0. The van der Waals surface area contributed by atoms with Crippen LogP contribution in [0.4, 0.5) is 11.8 Å². The van der Waals surface area contributed by atoms with E-state index >= 15 is 0 Å². The van der Waals surface area contributed by atoms with Crippen molar-refractivity contribution in [1.29, 1.82) is 0 Å². The largest absolute Gasteiger partial charge is 0.356 e. The molecule has 0 aliphatic carbocycles. The van der Waals surface area contributed by atoms with Gasteiger partial charge < -0.3 is 19.3 Å². The van der Waals surface area contributed by atoms with E-state index in [-0.39, 0.29) is 5.79 Å². The van der Waals surface area contributed by atoms with E-state index in [4.69, 9.17) is 14.5 Å². The molecule has 0 N–H and O–H groups in total. The highest BCUT2D eigenvalue weighted by molar-refractivity contribution is 5.46. The van der Waals surface area contributed by atoms with Gasteiger partial charge in [0.2, 0.25) is 5.95 Å². The maximum Gasteiger partial charge on any atom is 0.227 e. The van der Waals surface area contributed by atoms with Crippen LogP contribution in [0.3, 0.4) is 0 Å². The van der Waals surface area contributed by atoms with Crippen LogP contribution in [0, 0.1) is 0 Å². The third-order valence-corrected chi connectivity index (χ3v) is 5.70. The smallest absolute Gasteiger partial charge is 0.227 e. The van der Waals surface area contributed by atoms with Crippen LogP contribution in [-0.4, -0.2) is 48.6 Å². The quantitative estimate of drug-likeness (QED) is 0.827. The second-order valence-electron chi connectivity index (χ2n) is 7.25. The minimum Gasteiger partial charge on any atom is -0.356 e. The molecule has 5 rings (SSSR count). The van der Waals surface area contributed by atoms with Gasteiger partial charge in [-0.05, 0) is 23.6 Å². The van der Waals surface area contributed by atoms with Crippen LogP contribution in [0.1, 0.15) is 24.0 Å². The maximum absolute atomic E-state index is 5.83. The number of rotatable bonds is 2. The summed E-state index contributed by atoms with van der Waals surface area (Å²) >= 11 is 0. The molecule has 1 aromatic carbocycles. The molecule has 2 saturated heterocycles. The van der Waals surface area contributed by atoms with E-state index in [1.54, 1.807) is 0 Å². The third-order valence-electron chi connectivity index (χ3n) is 5.70. The summed E-state index contributed by atoms with van der Waals surface area (Å²) in [5.74, 6) is 1.48. The number of fused-ring (bicyclic) bond motifs is 1. The predicted molar refractivity (Wildman–Crippen MR) is 99.3 cm³/mol. The standard InChI is InChI=1S/C20H24N4O2/c1-2-4-17-15-24(10-6-16(17)3-1)19-21-9-5-18(22-19)23-11-7-20(8-12-23)25-13-14-26-20/h1-5,9H,6-8,10-15H2. The van der Waals surface area contributed by atoms with E-state index in [0.717, 1.165) is 57.2 Å². The Morgan fingerprint density at radius 1 is 0.885 bits per heavy atom. The first-order valence-corrected chi connectivity index (χ1v) is 9.49. The molecule has 4 heterocycles. The highest BCUT2D eigenvalue weighted by atomic mass is 16.7. The lowest BCUT2D eigenvalue weighted by Crippen LogP contribution is -2.45. The number of hydrogen-bond acceptors (Lipinski definition) is 6. The summed E-state index contributed by atoms with van der Waals surface area (Å²) in [6.07, 6.45) is 4.71. The molecule has 3 aliphatic rings. The van der Waals surface area contributed by atoms with Crippen molar-refractivity contribution in [2.75, 3.05) is 42.6 Å². The van der Waals surface area contributed by atoms with Crippen LogP contribution in [0.2, 0.25) is 0 Å². The summed E-state index contributed by atoms with van der Waals surface area (Å²) in [6, 6.07) is 10.7. The topological polar surface area (TPSA) is 50.7 Å².